The molecule has 0 saturated heterocycles. The predicted octanol–water partition coefficient (Wildman–Crippen LogP) is 1.45. The van der Waals surface area contributed by atoms with E-state index < -0.39 is 0 Å². The van der Waals surface area contributed by atoms with Gasteiger partial charge in [0.1, 0.15) is 4.88 Å². The molecule has 3 nitrogen and oxygen atoms in total. The summed E-state index contributed by atoms with van der Waals surface area (Å²) in [5, 5.41) is 2.75. The van der Waals surface area contributed by atoms with Crippen molar-refractivity contribution in [3.05, 3.63) is 29.2 Å². The van der Waals surface area contributed by atoms with Gasteiger partial charge in [-0.15, -0.1) is 17.9 Å². The van der Waals surface area contributed by atoms with Gasteiger partial charge in [-0.05, 0) is 6.42 Å². The monoisotopic (exact) mass is 182 g/mol. The number of carbonyl (C=O) groups is 1. The molecule has 1 heterocycles. The Morgan fingerprint density at radius 1 is 1.83 bits per heavy atom. The van der Waals surface area contributed by atoms with Crippen LogP contribution in [0.5, 0.6) is 0 Å². The topological polar surface area (TPSA) is 42.0 Å². The maximum absolute atomic E-state index is 11.2. The van der Waals surface area contributed by atoms with E-state index >= 15 is 0 Å². The first-order valence-corrected chi connectivity index (χ1v) is 4.50. The molecule has 64 valence electrons. The summed E-state index contributed by atoms with van der Waals surface area (Å²) in [4.78, 5) is 15.7. The fourth-order valence-electron chi connectivity index (χ4n) is 0.703. The van der Waals surface area contributed by atoms with Crippen LogP contribution >= 0.6 is 11.3 Å². The van der Waals surface area contributed by atoms with Crippen molar-refractivity contribution in [2.75, 3.05) is 6.54 Å². The van der Waals surface area contributed by atoms with Crippen LogP contribution < -0.4 is 5.32 Å². The molecule has 0 aromatic carbocycles. The van der Waals surface area contributed by atoms with Crippen LogP contribution in [0.1, 0.15) is 16.1 Å². The Balaban J connectivity index is 2.34. The summed E-state index contributed by atoms with van der Waals surface area (Å²) in [6.07, 6.45) is 4.13. The molecule has 0 radical (unpaired) electrons. The molecule has 12 heavy (non-hydrogen) atoms. The second-order valence-electron chi connectivity index (χ2n) is 2.20. The van der Waals surface area contributed by atoms with Crippen molar-refractivity contribution >= 4 is 17.2 Å². The summed E-state index contributed by atoms with van der Waals surface area (Å²) in [5.74, 6) is -0.0562. The maximum atomic E-state index is 11.2. The second-order valence-corrected chi connectivity index (χ2v) is 3.09. The number of rotatable bonds is 4. The highest BCUT2D eigenvalue weighted by atomic mass is 32.1. The van der Waals surface area contributed by atoms with Gasteiger partial charge >= 0.3 is 0 Å². The molecular weight excluding hydrogens is 172 g/mol. The zero-order valence-corrected chi connectivity index (χ0v) is 7.43. The lowest BCUT2D eigenvalue weighted by atomic mass is 10.4. The largest absolute Gasteiger partial charge is 0.351 e. The Kier molecular flexibility index (Phi) is 3.47. The number of aromatic nitrogens is 1. The number of hydrogen-bond acceptors (Lipinski definition) is 3. The number of amides is 1. The van der Waals surface area contributed by atoms with Crippen LogP contribution in [0, 0.1) is 0 Å². The van der Waals surface area contributed by atoms with Crippen LogP contribution in [0.4, 0.5) is 0 Å². The normalized spacial score (nSPS) is 9.33. The van der Waals surface area contributed by atoms with Gasteiger partial charge in [-0.25, -0.2) is 0 Å². The lowest BCUT2D eigenvalue weighted by Gasteiger charge is -1.98. The van der Waals surface area contributed by atoms with Gasteiger partial charge in [0.15, 0.2) is 0 Å². The molecule has 0 fully saturated rings. The van der Waals surface area contributed by atoms with E-state index in [4.69, 9.17) is 0 Å². The number of nitrogens with one attached hydrogen (secondary N) is 1. The Hall–Kier alpha value is -1.16. The first-order chi connectivity index (χ1) is 5.84. The van der Waals surface area contributed by atoms with Crippen molar-refractivity contribution in [1.82, 2.24) is 10.3 Å². The van der Waals surface area contributed by atoms with E-state index in [1.807, 2.05) is 0 Å². The molecule has 1 aromatic rings. The highest BCUT2D eigenvalue weighted by Gasteiger charge is 2.04. The molecule has 1 aromatic heterocycles. The van der Waals surface area contributed by atoms with E-state index in [9.17, 15) is 4.79 Å². The van der Waals surface area contributed by atoms with Crippen molar-refractivity contribution in [3.63, 3.8) is 0 Å². The van der Waals surface area contributed by atoms with E-state index in [1.165, 1.54) is 11.3 Å². The summed E-state index contributed by atoms with van der Waals surface area (Å²) in [5.41, 5.74) is 1.64. The molecule has 1 N–H and O–H groups in total. The van der Waals surface area contributed by atoms with Gasteiger partial charge < -0.3 is 5.32 Å². The van der Waals surface area contributed by atoms with Crippen LogP contribution in [0.15, 0.2) is 24.4 Å². The minimum Gasteiger partial charge on any atom is -0.351 e. The van der Waals surface area contributed by atoms with Crippen molar-refractivity contribution in [2.45, 2.75) is 6.42 Å². The van der Waals surface area contributed by atoms with E-state index in [-0.39, 0.29) is 5.91 Å². The van der Waals surface area contributed by atoms with Crippen molar-refractivity contribution in [1.29, 1.82) is 0 Å². The summed E-state index contributed by atoms with van der Waals surface area (Å²) >= 11 is 1.34. The SMILES string of the molecule is C=CCCNC(=O)c1cncs1. The van der Waals surface area contributed by atoms with Crippen molar-refractivity contribution in [3.8, 4) is 0 Å². The lowest BCUT2D eigenvalue weighted by Crippen LogP contribution is -2.23. The van der Waals surface area contributed by atoms with Gasteiger partial charge in [-0.3, -0.25) is 9.78 Å². The second kappa shape index (κ2) is 4.66. The van der Waals surface area contributed by atoms with E-state index in [1.54, 1.807) is 17.8 Å². The van der Waals surface area contributed by atoms with E-state index in [2.05, 4.69) is 16.9 Å². The predicted molar refractivity (Wildman–Crippen MR) is 49.3 cm³/mol. The zero-order valence-electron chi connectivity index (χ0n) is 6.62. The fraction of sp³-hybridized carbons (Fsp3) is 0.250. The molecular formula is C8H10N2OS. The number of hydrogen-bond donors (Lipinski definition) is 1. The summed E-state index contributed by atoms with van der Waals surface area (Å²) in [6, 6.07) is 0. The Morgan fingerprint density at radius 3 is 3.25 bits per heavy atom. The molecule has 0 spiro atoms. The first kappa shape index (κ1) is 8.93. The molecule has 0 aliphatic carbocycles. The molecule has 1 amide bonds. The third-order valence-corrected chi connectivity index (χ3v) is 2.06. The maximum Gasteiger partial charge on any atom is 0.263 e. The molecule has 4 heteroatoms. The minimum absolute atomic E-state index is 0.0562. The summed E-state index contributed by atoms with van der Waals surface area (Å²) < 4.78 is 0. The molecule has 0 atom stereocenters. The first-order valence-electron chi connectivity index (χ1n) is 3.62. The molecule has 0 saturated carbocycles. The quantitative estimate of drug-likeness (QED) is 0.565. The van der Waals surface area contributed by atoms with Gasteiger partial charge in [0.2, 0.25) is 0 Å². The van der Waals surface area contributed by atoms with Gasteiger partial charge in [-0.1, -0.05) is 6.08 Å². The smallest absolute Gasteiger partial charge is 0.263 e. The van der Waals surface area contributed by atoms with Crippen LogP contribution in [0.2, 0.25) is 0 Å². The Morgan fingerprint density at radius 2 is 2.67 bits per heavy atom. The third kappa shape index (κ3) is 2.47. The third-order valence-electron chi connectivity index (χ3n) is 1.29. The van der Waals surface area contributed by atoms with Gasteiger partial charge in [0.25, 0.3) is 5.91 Å². The van der Waals surface area contributed by atoms with Gasteiger partial charge in [0, 0.05) is 6.54 Å². The lowest BCUT2D eigenvalue weighted by molar-refractivity contribution is 0.0958. The molecule has 0 aliphatic rings. The highest BCUT2D eigenvalue weighted by Crippen LogP contribution is 2.04. The van der Waals surface area contributed by atoms with Crippen molar-refractivity contribution in [2.24, 2.45) is 0 Å². The highest BCUT2D eigenvalue weighted by molar-refractivity contribution is 7.11. The molecule has 0 bridgehead atoms. The van der Waals surface area contributed by atoms with Crippen LogP contribution in [0.25, 0.3) is 0 Å². The van der Waals surface area contributed by atoms with Gasteiger partial charge in [-0.2, -0.15) is 0 Å². The van der Waals surface area contributed by atoms with Gasteiger partial charge in [0.05, 0.1) is 11.7 Å². The summed E-state index contributed by atoms with van der Waals surface area (Å²) in [7, 11) is 0. The van der Waals surface area contributed by atoms with Crippen LogP contribution in [-0.2, 0) is 0 Å². The van der Waals surface area contributed by atoms with Crippen molar-refractivity contribution < 1.29 is 4.79 Å². The Bertz CT molecular complexity index is 256. The van der Waals surface area contributed by atoms with E-state index in [0.717, 1.165) is 6.42 Å². The minimum atomic E-state index is -0.0562. The number of carbonyl (C=O) groups excluding carboxylic acids is 1. The van der Waals surface area contributed by atoms with Crippen LogP contribution in [-0.4, -0.2) is 17.4 Å². The molecule has 0 unspecified atom stereocenters. The fourth-order valence-corrected chi connectivity index (χ4v) is 1.24. The summed E-state index contributed by atoms with van der Waals surface area (Å²) in [6.45, 7) is 4.20. The molecule has 0 aliphatic heterocycles. The average molecular weight is 182 g/mol. The number of thiazole rings is 1. The molecule has 1 rings (SSSR count). The Labute approximate surface area is 75.1 Å². The standard InChI is InChI=1S/C8H10N2OS/c1-2-3-4-10-8(11)7-5-9-6-12-7/h2,5-6H,1,3-4H2,(H,10,11). The average Bonchev–Trinajstić information content (AvgIpc) is 2.56. The zero-order chi connectivity index (χ0) is 8.81. The van der Waals surface area contributed by atoms with Crippen LogP contribution in [0.3, 0.4) is 0 Å². The van der Waals surface area contributed by atoms with E-state index in [0.29, 0.717) is 11.4 Å². The number of nitrogens with zero attached hydrogens (tertiary/aromatic N) is 1.